The van der Waals surface area contributed by atoms with E-state index in [1.807, 2.05) is 46.8 Å². The molecule has 1 aliphatic heterocycles. The maximum atomic E-state index is 12.6. The fourth-order valence-electron chi connectivity index (χ4n) is 2.54. The number of nitrogens with zero attached hydrogens (tertiary/aromatic N) is 1. The lowest BCUT2D eigenvalue weighted by atomic mass is 9.99. The largest absolute Gasteiger partial charge is 0.384 e. The smallest absolute Gasteiger partial charge is 0.243 e. The summed E-state index contributed by atoms with van der Waals surface area (Å²) >= 11 is 0. The highest BCUT2D eigenvalue weighted by Gasteiger charge is 2.29. The van der Waals surface area contributed by atoms with Crippen molar-refractivity contribution >= 4 is 10.0 Å². The Hall–Kier alpha value is -0.910. The van der Waals surface area contributed by atoms with Crippen LogP contribution in [-0.2, 0) is 14.8 Å². The van der Waals surface area contributed by atoms with Crippen LogP contribution in [0.15, 0.2) is 29.2 Å². The number of piperidine rings is 1. The van der Waals surface area contributed by atoms with Crippen LogP contribution in [0.2, 0.25) is 0 Å². The minimum absolute atomic E-state index is 0.431. The predicted molar refractivity (Wildman–Crippen MR) is 97.2 cm³/mol. The van der Waals surface area contributed by atoms with Crippen molar-refractivity contribution in [2.24, 2.45) is 5.92 Å². The van der Waals surface area contributed by atoms with Crippen LogP contribution in [-0.4, -0.2) is 39.5 Å². The molecule has 2 rings (SSSR count). The van der Waals surface area contributed by atoms with E-state index >= 15 is 0 Å². The van der Waals surface area contributed by atoms with Gasteiger partial charge in [-0.2, -0.15) is 4.31 Å². The summed E-state index contributed by atoms with van der Waals surface area (Å²) in [4.78, 5) is 0.431. The fraction of sp³-hybridized carbons (Fsp3) is 0.667. The molecule has 0 N–H and O–H groups in total. The third kappa shape index (κ3) is 6.24. The minimum Gasteiger partial charge on any atom is -0.384 e. The molecule has 0 bridgehead atoms. The van der Waals surface area contributed by atoms with Crippen LogP contribution >= 0.6 is 0 Å². The minimum atomic E-state index is -3.34. The van der Waals surface area contributed by atoms with E-state index < -0.39 is 10.0 Å². The Labute approximate surface area is 142 Å². The van der Waals surface area contributed by atoms with E-state index in [1.54, 1.807) is 23.5 Å². The highest BCUT2D eigenvalue weighted by molar-refractivity contribution is 7.89. The summed E-state index contributed by atoms with van der Waals surface area (Å²) < 4.78 is 31.9. The van der Waals surface area contributed by atoms with Crippen LogP contribution in [0.5, 0.6) is 0 Å². The van der Waals surface area contributed by atoms with Crippen molar-refractivity contribution in [3.8, 4) is 0 Å². The lowest BCUT2D eigenvalue weighted by Crippen LogP contribution is -2.39. The molecule has 0 atom stereocenters. The van der Waals surface area contributed by atoms with Gasteiger partial charge in [-0.05, 0) is 37.3 Å². The molecule has 5 heteroatoms. The standard InChI is InChI=1S/C14H21NO3S.2C2H6/c1-12-5-3-4-6-14(12)19(16,17)15-9-7-13(8-10-15)11-18-2;2*1-2/h3-6,13H,7-11H2,1-2H3;2*1-2H3. The molecule has 0 saturated carbocycles. The fourth-order valence-corrected chi connectivity index (χ4v) is 4.23. The lowest BCUT2D eigenvalue weighted by molar-refractivity contribution is 0.121. The lowest BCUT2D eigenvalue weighted by Gasteiger charge is -2.31. The SMILES string of the molecule is CC.CC.COCC1CCN(S(=O)(=O)c2ccccc2C)CC1. The van der Waals surface area contributed by atoms with E-state index in [1.165, 1.54) is 0 Å². The molecule has 23 heavy (non-hydrogen) atoms. The number of hydrogen-bond acceptors (Lipinski definition) is 3. The molecule has 0 spiro atoms. The molecule has 1 aromatic rings. The highest BCUT2D eigenvalue weighted by atomic mass is 32.2. The van der Waals surface area contributed by atoms with Crippen LogP contribution in [0.25, 0.3) is 0 Å². The first-order valence-electron chi connectivity index (χ1n) is 8.60. The molecule has 134 valence electrons. The van der Waals surface area contributed by atoms with Gasteiger partial charge in [0.25, 0.3) is 0 Å². The Morgan fingerprint density at radius 3 is 2.09 bits per heavy atom. The van der Waals surface area contributed by atoms with Crippen molar-refractivity contribution in [1.29, 1.82) is 0 Å². The Bertz CT molecular complexity index is 521. The molecule has 1 aliphatic rings. The molecular formula is C18H33NO3S. The van der Waals surface area contributed by atoms with E-state index in [2.05, 4.69) is 0 Å². The van der Waals surface area contributed by atoms with E-state index in [-0.39, 0.29) is 0 Å². The maximum absolute atomic E-state index is 12.6. The number of methoxy groups -OCH3 is 1. The molecule has 0 amide bonds. The van der Waals surface area contributed by atoms with Crippen molar-refractivity contribution in [3.63, 3.8) is 0 Å². The van der Waals surface area contributed by atoms with E-state index in [9.17, 15) is 8.42 Å². The zero-order chi connectivity index (χ0) is 17.9. The second kappa shape index (κ2) is 11.6. The van der Waals surface area contributed by atoms with Crippen LogP contribution in [0, 0.1) is 12.8 Å². The number of aryl methyl sites for hydroxylation is 1. The zero-order valence-corrected chi connectivity index (χ0v) is 16.3. The average molecular weight is 344 g/mol. The number of rotatable bonds is 4. The summed E-state index contributed by atoms with van der Waals surface area (Å²) in [5, 5.41) is 0. The molecule has 0 unspecified atom stereocenters. The second-order valence-electron chi connectivity index (χ2n) is 5.07. The van der Waals surface area contributed by atoms with Crippen LogP contribution < -0.4 is 0 Å². The quantitative estimate of drug-likeness (QED) is 0.827. The average Bonchev–Trinajstić information content (AvgIpc) is 2.59. The van der Waals surface area contributed by atoms with Crippen LogP contribution in [0.1, 0.15) is 46.1 Å². The van der Waals surface area contributed by atoms with Gasteiger partial charge in [-0.25, -0.2) is 8.42 Å². The predicted octanol–water partition coefficient (Wildman–Crippen LogP) is 4.09. The van der Waals surface area contributed by atoms with Gasteiger partial charge in [0.2, 0.25) is 10.0 Å². The number of sulfonamides is 1. The van der Waals surface area contributed by atoms with Gasteiger partial charge < -0.3 is 4.74 Å². The van der Waals surface area contributed by atoms with Crippen molar-refractivity contribution in [2.75, 3.05) is 26.8 Å². The summed E-state index contributed by atoms with van der Waals surface area (Å²) in [6.07, 6.45) is 1.75. The van der Waals surface area contributed by atoms with Gasteiger partial charge >= 0.3 is 0 Å². The van der Waals surface area contributed by atoms with Crippen molar-refractivity contribution in [2.45, 2.75) is 52.4 Å². The highest BCUT2D eigenvalue weighted by Crippen LogP contribution is 2.25. The first-order chi connectivity index (χ1) is 11.1. The van der Waals surface area contributed by atoms with Gasteiger partial charge in [0.05, 0.1) is 4.90 Å². The van der Waals surface area contributed by atoms with E-state index in [0.717, 1.165) is 25.0 Å². The van der Waals surface area contributed by atoms with Gasteiger partial charge in [-0.3, -0.25) is 0 Å². The molecule has 1 heterocycles. The molecule has 1 saturated heterocycles. The second-order valence-corrected chi connectivity index (χ2v) is 6.97. The molecule has 0 aromatic heterocycles. The van der Waals surface area contributed by atoms with Gasteiger partial charge in [-0.1, -0.05) is 45.9 Å². The Kier molecular flexibility index (Phi) is 11.1. The molecule has 1 fully saturated rings. The van der Waals surface area contributed by atoms with E-state index in [4.69, 9.17) is 4.74 Å². The molecule has 0 radical (unpaired) electrons. The normalized spacial score (nSPS) is 15.9. The van der Waals surface area contributed by atoms with Gasteiger partial charge in [-0.15, -0.1) is 0 Å². The third-order valence-electron chi connectivity index (χ3n) is 3.69. The van der Waals surface area contributed by atoms with Gasteiger partial charge in [0, 0.05) is 26.8 Å². The maximum Gasteiger partial charge on any atom is 0.243 e. The van der Waals surface area contributed by atoms with Crippen molar-refractivity contribution in [1.82, 2.24) is 4.31 Å². The first kappa shape index (κ1) is 22.1. The third-order valence-corrected chi connectivity index (χ3v) is 5.75. The number of ether oxygens (including phenoxy) is 1. The Morgan fingerprint density at radius 2 is 1.61 bits per heavy atom. The van der Waals surface area contributed by atoms with Gasteiger partial charge in [0.15, 0.2) is 0 Å². The van der Waals surface area contributed by atoms with Crippen LogP contribution in [0.4, 0.5) is 0 Å². The monoisotopic (exact) mass is 343 g/mol. The first-order valence-corrected chi connectivity index (χ1v) is 10.0. The van der Waals surface area contributed by atoms with E-state index in [0.29, 0.717) is 23.9 Å². The Balaban J connectivity index is 0.00000112. The summed E-state index contributed by atoms with van der Waals surface area (Å²) in [6, 6.07) is 7.16. The molecule has 1 aromatic carbocycles. The Morgan fingerprint density at radius 1 is 1.09 bits per heavy atom. The van der Waals surface area contributed by atoms with Crippen molar-refractivity contribution < 1.29 is 13.2 Å². The molecular weight excluding hydrogens is 310 g/mol. The van der Waals surface area contributed by atoms with Crippen LogP contribution in [0.3, 0.4) is 0 Å². The van der Waals surface area contributed by atoms with Crippen molar-refractivity contribution in [3.05, 3.63) is 29.8 Å². The molecule has 0 aliphatic carbocycles. The summed E-state index contributed by atoms with van der Waals surface area (Å²) in [6.45, 7) is 11.7. The summed E-state index contributed by atoms with van der Waals surface area (Å²) in [5.74, 6) is 0.480. The van der Waals surface area contributed by atoms with Gasteiger partial charge in [0.1, 0.15) is 0 Å². The molecule has 4 nitrogen and oxygen atoms in total. The topological polar surface area (TPSA) is 46.6 Å². The summed E-state index contributed by atoms with van der Waals surface area (Å²) in [5.41, 5.74) is 0.807. The summed E-state index contributed by atoms with van der Waals surface area (Å²) in [7, 11) is -1.65. The number of benzene rings is 1. The zero-order valence-electron chi connectivity index (χ0n) is 15.5. The number of hydrogen-bond donors (Lipinski definition) is 0.